The molecule has 0 saturated heterocycles. The molecule has 2 fully saturated rings. The maximum Gasteiger partial charge on any atom is 0.251 e. The number of carbonyl (C=O) groups excluding carboxylic acids is 2. The molecule has 2 saturated carbocycles. The number of rotatable bonds is 5. The Morgan fingerprint density at radius 3 is 2.39 bits per heavy atom. The fraction of sp³-hybridized carbons (Fsp3) is 0.636. The predicted molar refractivity (Wildman–Crippen MR) is 116 cm³/mol. The van der Waals surface area contributed by atoms with E-state index in [0.29, 0.717) is 29.9 Å². The van der Waals surface area contributed by atoms with Crippen molar-refractivity contribution in [1.29, 1.82) is 0 Å². The summed E-state index contributed by atoms with van der Waals surface area (Å²) in [6.45, 7) is 6.72. The van der Waals surface area contributed by atoms with Crippen molar-refractivity contribution in [1.82, 2.24) is 5.32 Å². The molecule has 2 atom stereocenters. The summed E-state index contributed by atoms with van der Waals surface area (Å²) < 4.78 is 0. The summed E-state index contributed by atoms with van der Waals surface area (Å²) in [7, 11) is 0. The molecule has 2 bridgehead atoms. The summed E-state index contributed by atoms with van der Waals surface area (Å²) in [5.74, 6) is 1.46. The second kappa shape index (κ2) is 9.75. The molecule has 0 aliphatic heterocycles. The van der Waals surface area contributed by atoms with Crippen molar-refractivity contribution in [3.8, 4) is 0 Å². The van der Waals surface area contributed by atoms with E-state index in [1.54, 1.807) is 6.07 Å². The predicted octanol–water partition coefficient (Wildman–Crippen LogP) is 3.89. The zero-order chi connectivity index (χ0) is 19.6. The van der Waals surface area contributed by atoms with Gasteiger partial charge in [-0.15, -0.1) is 12.4 Å². The van der Waals surface area contributed by atoms with Crippen molar-refractivity contribution in [2.24, 2.45) is 29.4 Å². The van der Waals surface area contributed by atoms with Crippen LogP contribution in [-0.2, 0) is 4.79 Å². The van der Waals surface area contributed by atoms with Gasteiger partial charge in [-0.25, -0.2) is 0 Å². The number of benzene rings is 1. The molecule has 3 rings (SSSR count). The van der Waals surface area contributed by atoms with Crippen molar-refractivity contribution in [3.63, 3.8) is 0 Å². The van der Waals surface area contributed by atoms with Gasteiger partial charge in [-0.05, 0) is 74.1 Å². The van der Waals surface area contributed by atoms with E-state index < -0.39 is 0 Å². The van der Waals surface area contributed by atoms with Gasteiger partial charge in [-0.2, -0.15) is 0 Å². The molecule has 6 heteroatoms. The number of halogens is 1. The zero-order valence-corrected chi connectivity index (χ0v) is 18.0. The van der Waals surface area contributed by atoms with Crippen LogP contribution in [0, 0.1) is 30.6 Å². The third-order valence-corrected chi connectivity index (χ3v) is 6.20. The first kappa shape index (κ1) is 22.7. The standard InChI is InChI=1S/C22H33N3O2.ClH/c1-13(2)12-24-21(26)17-7-8-19(14(3)9-17)25-22(27)18-10-15-5-4-6-16(11-18)20(15)23;/h7-9,13,15-16,18,20H,4-6,10-12,23H2,1-3H3,(H,24,26)(H,25,27);1H. The fourth-order valence-electron chi connectivity index (χ4n) is 4.58. The molecule has 0 heterocycles. The summed E-state index contributed by atoms with van der Waals surface area (Å²) in [5.41, 5.74) is 8.67. The van der Waals surface area contributed by atoms with Crippen molar-refractivity contribution >= 4 is 29.9 Å². The minimum atomic E-state index is -0.0706. The first-order chi connectivity index (χ1) is 12.8. The van der Waals surface area contributed by atoms with Crippen LogP contribution in [-0.4, -0.2) is 24.4 Å². The van der Waals surface area contributed by atoms with Crippen LogP contribution in [0.4, 0.5) is 5.69 Å². The molecule has 2 aliphatic rings. The van der Waals surface area contributed by atoms with Gasteiger partial charge in [-0.3, -0.25) is 9.59 Å². The van der Waals surface area contributed by atoms with Gasteiger partial charge in [0.1, 0.15) is 0 Å². The molecule has 1 aromatic rings. The van der Waals surface area contributed by atoms with E-state index in [-0.39, 0.29) is 36.2 Å². The Balaban J connectivity index is 0.00000280. The van der Waals surface area contributed by atoms with Crippen molar-refractivity contribution in [3.05, 3.63) is 29.3 Å². The molecule has 2 amide bonds. The topological polar surface area (TPSA) is 84.2 Å². The maximum atomic E-state index is 12.8. The van der Waals surface area contributed by atoms with Gasteiger partial charge in [-0.1, -0.05) is 20.3 Å². The molecule has 5 nitrogen and oxygen atoms in total. The lowest BCUT2D eigenvalue weighted by Gasteiger charge is -2.43. The van der Waals surface area contributed by atoms with Crippen LogP contribution in [0.3, 0.4) is 0 Å². The number of nitrogens with two attached hydrogens (primary N) is 1. The quantitative estimate of drug-likeness (QED) is 0.692. The van der Waals surface area contributed by atoms with Gasteiger partial charge in [0, 0.05) is 29.8 Å². The maximum absolute atomic E-state index is 12.8. The van der Waals surface area contributed by atoms with Crippen molar-refractivity contribution in [2.75, 3.05) is 11.9 Å². The molecule has 1 aromatic carbocycles. The van der Waals surface area contributed by atoms with Crippen LogP contribution < -0.4 is 16.4 Å². The van der Waals surface area contributed by atoms with Crippen LogP contribution >= 0.6 is 12.4 Å². The van der Waals surface area contributed by atoms with Gasteiger partial charge < -0.3 is 16.4 Å². The molecule has 2 aliphatic carbocycles. The normalized spacial score (nSPS) is 26.3. The Morgan fingerprint density at radius 1 is 1.18 bits per heavy atom. The van der Waals surface area contributed by atoms with E-state index in [4.69, 9.17) is 5.73 Å². The molecule has 28 heavy (non-hydrogen) atoms. The second-order valence-corrected chi connectivity index (χ2v) is 8.82. The van der Waals surface area contributed by atoms with Gasteiger partial charge in [0.05, 0.1) is 0 Å². The van der Waals surface area contributed by atoms with E-state index in [9.17, 15) is 9.59 Å². The Labute approximate surface area is 174 Å². The van der Waals surface area contributed by atoms with Crippen LogP contribution in [0.1, 0.15) is 61.9 Å². The summed E-state index contributed by atoms with van der Waals surface area (Å²) in [5, 5.41) is 6.02. The van der Waals surface area contributed by atoms with E-state index in [0.717, 1.165) is 36.9 Å². The number of nitrogens with one attached hydrogen (secondary N) is 2. The lowest BCUT2D eigenvalue weighted by molar-refractivity contribution is -0.122. The van der Waals surface area contributed by atoms with Gasteiger partial charge in [0.2, 0.25) is 5.91 Å². The van der Waals surface area contributed by atoms with Crippen LogP contribution in [0.2, 0.25) is 0 Å². The number of aryl methyl sites for hydroxylation is 1. The zero-order valence-electron chi connectivity index (χ0n) is 17.2. The minimum Gasteiger partial charge on any atom is -0.352 e. The number of hydrogen-bond donors (Lipinski definition) is 3. The number of hydrogen-bond acceptors (Lipinski definition) is 3. The Hall–Kier alpha value is -1.59. The van der Waals surface area contributed by atoms with Crippen LogP contribution in [0.25, 0.3) is 0 Å². The number of amides is 2. The van der Waals surface area contributed by atoms with Gasteiger partial charge in [0.25, 0.3) is 5.91 Å². The second-order valence-electron chi connectivity index (χ2n) is 8.82. The summed E-state index contributed by atoms with van der Waals surface area (Å²) in [4.78, 5) is 25.0. The molecule has 0 spiro atoms. The average molecular weight is 408 g/mol. The average Bonchev–Trinajstić information content (AvgIpc) is 2.61. The first-order valence-corrected chi connectivity index (χ1v) is 10.3. The fourth-order valence-corrected chi connectivity index (χ4v) is 4.58. The molecule has 2 unspecified atom stereocenters. The van der Waals surface area contributed by atoms with Crippen LogP contribution in [0.15, 0.2) is 18.2 Å². The lowest BCUT2D eigenvalue weighted by atomic mass is 9.65. The van der Waals surface area contributed by atoms with Crippen molar-refractivity contribution < 1.29 is 9.59 Å². The minimum absolute atomic E-state index is 0. The number of fused-ring (bicyclic) bond motifs is 2. The van der Waals surface area contributed by atoms with E-state index >= 15 is 0 Å². The summed E-state index contributed by atoms with van der Waals surface area (Å²) >= 11 is 0. The first-order valence-electron chi connectivity index (χ1n) is 10.3. The van der Waals surface area contributed by atoms with Gasteiger partial charge in [0.15, 0.2) is 0 Å². The Morgan fingerprint density at radius 2 is 1.82 bits per heavy atom. The molecule has 0 aromatic heterocycles. The highest BCUT2D eigenvalue weighted by atomic mass is 35.5. The Kier molecular flexibility index (Phi) is 7.90. The third kappa shape index (κ3) is 5.26. The van der Waals surface area contributed by atoms with E-state index in [2.05, 4.69) is 24.5 Å². The molecule has 4 N–H and O–H groups in total. The summed E-state index contributed by atoms with van der Waals surface area (Å²) in [6.07, 6.45) is 5.36. The molecular formula is C22H34ClN3O2. The molecule has 0 radical (unpaired) electrons. The van der Waals surface area contributed by atoms with Crippen molar-refractivity contribution in [2.45, 2.75) is 58.9 Å². The monoisotopic (exact) mass is 407 g/mol. The highest BCUT2D eigenvalue weighted by Crippen LogP contribution is 2.42. The summed E-state index contributed by atoms with van der Waals surface area (Å²) in [6, 6.07) is 5.74. The largest absolute Gasteiger partial charge is 0.352 e. The Bertz CT molecular complexity index is 693. The smallest absolute Gasteiger partial charge is 0.251 e. The number of carbonyl (C=O) groups is 2. The SMILES string of the molecule is Cc1cc(C(=O)NCC(C)C)ccc1NC(=O)C1CC2CCCC(C1)C2N.Cl. The lowest BCUT2D eigenvalue weighted by Crippen LogP contribution is -2.48. The number of anilines is 1. The molecule has 156 valence electrons. The van der Waals surface area contributed by atoms with E-state index in [1.165, 1.54) is 6.42 Å². The van der Waals surface area contributed by atoms with Gasteiger partial charge >= 0.3 is 0 Å². The highest BCUT2D eigenvalue weighted by molar-refractivity contribution is 5.97. The molecular weight excluding hydrogens is 374 g/mol. The van der Waals surface area contributed by atoms with E-state index in [1.807, 2.05) is 19.1 Å². The highest BCUT2D eigenvalue weighted by Gasteiger charge is 2.40. The van der Waals surface area contributed by atoms with Crippen LogP contribution in [0.5, 0.6) is 0 Å². The third-order valence-electron chi connectivity index (χ3n) is 6.20.